The summed E-state index contributed by atoms with van der Waals surface area (Å²) in [4.78, 5) is 14.4. The number of hydrogen-bond donors (Lipinski definition) is 1. The SMILES string of the molecule is COC(=O)C1=C(C)N(Cc2ccc(Br)cc2)C(=S)NC1c1ccccc1. The first kappa shape index (κ1) is 18.6. The van der Waals surface area contributed by atoms with Gasteiger partial charge in [0.05, 0.1) is 18.7 Å². The molecular formula is C20H19BrN2O2S. The third kappa shape index (κ3) is 3.81. The van der Waals surface area contributed by atoms with Crippen molar-refractivity contribution in [2.45, 2.75) is 19.5 Å². The number of carbonyl (C=O) groups is 1. The van der Waals surface area contributed by atoms with E-state index in [-0.39, 0.29) is 12.0 Å². The van der Waals surface area contributed by atoms with E-state index in [1.807, 2.05) is 66.4 Å². The minimum atomic E-state index is -0.354. The van der Waals surface area contributed by atoms with E-state index in [9.17, 15) is 4.79 Å². The molecule has 1 unspecified atom stereocenters. The summed E-state index contributed by atoms with van der Waals surface area (Å²) in [6, 6.07) is 17.5. The van der Waals surface area contributed by atoms with Crippen molar-refractivity contribution in [2.75, 3.05) is 7.11 Å². The van der Waals surface area contributed by atoms with Crippen molar-refractivity contribution in [1.82, 2.24) is 10.2 Å². The van der Waals surface area contributed by atoms with Crippen LogP contribution in [0, 0.1) is 0 Å². The first-order valence-corrected chi connectivity index (χ1v) is 9.38. The zero-order valence-corrected chi connectivity index (χ0v) is 16.9. The number of benzene rings is 2. The Labute approximate surface area is 167 Å². The zero-order valence-electron chi connectivity index (χ0n) is 14.5. The normalized spacial score (nSPS) is 17.1. The van der Waals surface area contributed by atoms with Crippen molar-refractivity contribution < 1.29 is 9.53 Å². The van der Waals surface area contributed by atoms with Gasteiger partial charge in [0.2, 0.25) is 0 Å². The number of esters is 1. The average Bonchev–Trinajstić information content (AvgIpc) is 2.66. The van der Waals surface area contributed by atoms with Crippen LogP contribution in [0.25, 0.3) is 0 Å². The van der Waals surface area contributed by atoms with Crippen molar-refractivity contribution in [1.29, 1.82) is 0 Å². The number of hydrogen-bond acceptors (Lipinski definition) is 3. The molecule has 0 spiro atoms. The summed E-state index contributed by atoms with van der Waals surface area (Å²) in [6.07, 6.45) is 0. The van der Waals surface area contributed by atoms with Gasteiger partial charge < -0.3 is 15.0 Å². The number of halogens is 1. The Morgan fingerprint density at radius 2 is 1.85 bits per heavy atom. The molecule has 0 bridgehead atoms. The van der Waals surface area contributed by atoms with Crippen LogP contribution in [0.3, 0.4) is 0 Å². The van der Waals surface area contributed by atoms with Gasteiger partial charge in [-0.15, -0.1) is 0 Å². The number of carbonyl (C=O) groups excluding carboxylic acids is 1. The maximum absolute atomic E-state index is 12.5. The molecule has 1 atom stereocenters. The smallest absolute Gasteiger partial charge is 0.337 e. The first-order chi connectivity index (χ1) is 12.5. The summed E-state index contributed by atoms with van der Waals surface area (Å²) in [5.74, 6) is -0.354. The lowest BCUT2D eigenvalue weighted by atomic mass is 9.95. The predicted octanol–water partition coefficient (Wildman–Crippen LogP) is 4.33. The molecule has 134 valence electrons. The van der Waals surface area contributed by atoms with Crippen molar-refractivity contribution in [3.63, 3.8) is 0 Å². The van der Waals surface area contributed by atoms with Crippen LogP contribution in [0.4, 0.5) is 0 Å². The minimum Gasteiger partial charge on any atom is -0.466 e. The van der Waals surface area contributed by atoms with Gasteiger partial charge in [-0.3, -0.25) is 0 Å². The van der Waals surface area contributed by atoms with Gasteiger partial charge in [-0.2, -0.15) is 0 Å². The summed E-state index contributed by atoms with van der Waals surface area (Å²) in [6.45, 7) is 2.49. The first-order valence-electron chi connectivity index (χ1n) is 8.17. The largest absolute Gasteiger partial charge is 0.466 e. The molecule has 1 heterocycles. The zero-order chi connectivity index (χ0) is 18.7. The van der Waals surface area contributed by atoms with Gasteiger partial charge in [-0.25, -0.2) is 4.79 Å². The van der Waals surface area contributed by atoms with E-state index in [0.29, 0.717) is 17.2 Å². The van der Waals surface area contributed by atoms with E-state index in [4.69, 9.17) is 17.0 Å². The van der Waals surface area contributed by atoms with Crippen LogP contribution in [-0.2, 0) is 16.1 Å². The average molecular weight is 431 g/mol. The highest BCUT2D eigenvalue weighted by Gasteiger charge is 2.34. The summed E-state index contributed by atoms with van der Waals surface area (Å²) >= 11 is 9.05. The summed E-state index contributed by atoms with van der Waals surface area (Å²) in [5.41, 5.74) is 3.44. The number of nitrogens with one attached hydrogen (secondary N) is 1. The third-order valence-corrected chi connectivity index (χ3v) is 5.26. The highest BCUT2D eigenvalue weighted by molar-refractivity contribution is 9.10. The molecule has 0 radical (unpaired) electrons. The van der Waals surface area contributed by atoms with Gasteiger partial charge in [-0.1, -0.05) is 58.4 Å². The molecule has 1 aliphatic heterocycles. The Hall–Kier alpha value is -2.18. The van der Waals surface area contributed by atoms with Crippen LogP contribution in [-0.4, -0.2) is 23.1 Å². The molecule has 0 saturated heterocycles. The van der Waals surface area contributed by atoms with Crippen LogP contribution >= 0.6 is 28.1 Å². The van der Waals surface area contributed by atoms with E-state index in [1.54, 1.807) is 0 Å². The molecule has 2 aromatic carbocycles. The molecule has 6 heteroatoms. The van der Waals surface area contributed by atoms with Crippen LogP contribution in [0.2, 0.25) is 0 Å². The molecule has 4 nitrogen and oxygen atoms in total. The number of thiocarbonyl (C=S) groups is 1. The van der Waals surface area contributed by atoms with Gasteiger partial charge in [0.1, 0.15) is 0 Å². The Bertz CT molecular complexity index is 850. The van der Waals surface area contributed by atoms with Crippen molar-refractivity contribution in [2.24, 2.45) is 0 Å². The third-order valence-electron chi connectivity index (χ3n) is 4.39. The fourth-order valence-corrected chi connectivity index (χ4v) is 3.60. The Kier molecular flexibility index (Phi) is 5.74. The van der Waals surface area contributed by atoms with Gasteiger partial charge in [0.25, 0.3) is 0 Å². The van der Waals surface area contributed by atoms with E-state index in [0.717, 1.165) is 21.3 Å². The Morgan fingerprint density at radius 3 is 2.46 bits per heavy atom. The molecule has 0 saturated carbocycles. The Balaban J connectivity index is 2.00. The molecule has 3 rings (SSSR count). The van der Waals surface area contributed by atoms with Crippen LogP contribution in [0.5, 0.6) is 0 Å². The quantitative estimate of drug-likeness (QED) is 0.577. The maximum atomic E-state index is 12.5. The van der Waals surface area contributed by atoms with Gasteiger partial charge >= 0.3 is 5.97 Å². The second kappa shape index (κ2) is 8.01. The van der Waals surface area contributed by atoms with Crippen LogP contribution in [0.15, 0.2) is 70.3 Å². The fraction of sp³-hybridized carbons (Fsp3) is 0.200. The van der Waals surface area contributed by atoms with Gasteiger partial charge in [0, 0.05) is 16.7 Å². The number of ether oxygens (including phenoxy) is 1. The highest BCUT2D eigenvalue weighted by atomic mass is 79.9. The molecule has 2 aromatic rings. The van der Waals surface area contributed by atoms with Gasteiger partial charge in [-0.05, 0) is 42.4 Å². The van der Waals surface area contributed by atoms with E-state index in [1.165, 1.54) is 7.11 Å². The van der Waals surface area contributed by atoms with E-state index >= 15 is 0 Å². The van der Waals surface area contributed by atoms with Gasteiger partial charge in [0.15, 0.2) is 5.11 Å². The van der Waals surface area contributed by atoms with E-state index in [2.05, 4.69) is 21.2 Å². The van der Waals surface area contributed by atoms with Crippen molar-refractivity contribution >= 4 is 39.2 Å². The second-order valence-corrected chi connectivity index (χ2v) is 7.30. The standard InChI is InChI=1S/C20H19BrN2O2S/c1-13-17(19(24)25-2)18(15-6-4-3-5-7-15)22-20(26)23(13)12-14-8-10-16(21)11-9-14/h3-11,18H,12H2,1-2H3,(H,22,26). The number of allylic oxidation sites excluding steroid dienone is 1. The molecule has 0 aromatic heterocycles. The molecule has 26 heavy (non-hydrogen) atoms. The van der Waals surface area contributed by atoms with Crippen molar-refractivity contribution in [3.05, 3.63) is 81.5 Å². The minimum absolute atomic E-state index is 0.322. The summed E-state index contributed by atoms with van der Waals surface area (Å²) in [5, 5.41) is 3.89. The topological polar surface area (TPSA) is 41.6 Å². The van der Waals surface area contributed by atoms with Crippen molar-refractivity contribution in [3.8, 4) is 0 Å². The molecule has 0 fully saturated rings. The second-order valence-electron chi connectivity index (χ2n) is 6.00. The summed E-state index contributed by atoms with van der Waals surface area (Å²) < 4.78 is 6.07. The molecule has 0 amide bonds. The fourth-order valence-electron chi connectivity index (χ4n) is 3.01. The molecule has 1 aliphatic rings. The van der Waals surface area contributed by atoms with Crippen LogP contribution < -0.4 is 5.32 Å². The lowest BCUT2D eigenvalue weighted by Gasteiger charge is -2.37. The lowest BCUT2D eigenvalue weighted by molar-refractivity contribution is -0.136. The number of methoxy groups -OCH3 is 1. The predicted molar refractivity (Wildman–Crippen MR) is 109 cm³/mol. The monoisotopic (exact) mass is 430 g/mol. The number of rotatable bonds is 4. The van der Waals surface area contributed by atoms with Crippen LogP contribution in [0.1, 0.15) is 24.1 Å². The summed E-state index contributed by atoms with van der Waals surface area (Å²) in [7, 11) is 1.40. The lowest BCUT2D eigenvalue weighted by Crippen LogP contribution is -2.47. The highest BCUT2D eigenvalue weighted by Crippen LogP contribution is 2.32. The molecular weight excluding hydrogens is 412 g/mol. The van der Waals surface area contributed by atoms with E-state index < -0.39 is 0 Å². The number of nitrogens with zero attached hydrogens (tertiary/aromatic N) is 1. The molecule has 1 N–H and O–H groups in total. The molecule has 0 aliphatic carbocycles. The Morgan fingerprint density at radius 1 is 1.19 bits per heavy atom. The maximum Gasteiger partial charge on any atom is 0.337 e.